The zero-order valence-electron chi connectivity index (χ0n) is 16.8. The van der Waals surface area contributed by atoms with E-state index in [1.165, 1.54) is 16.2 Å². The molecule has 0 saturated carbocycles. The van der Waals surface area contributed by atoms with Gasteiger partial charge in [-0.15, -0.1) is 11.3 Å². The van der Waals surface area contributed by atoms with Gasteiger partial charge in [-0.3, -0.25) is 9.59 Å². The van der Waals surface area contributed by atoms with Gasteiger partial charge in [0.2, 0.25) is 0 Å². The van der Waals surface area contributed by atoms with Crippen LogP contribution in [-0.4, -0.2) is 48.6 Å². The minimum absolute atomic E-state index is 0.124. The summed E-state index contributed by atoms with van der Waals surface area (Å²) < 4.78 is 10.6. The highest BCUT2D eigenvalue weighted by Crippen LogP contribution is 2.41. The zero-order chi connectivity index (χ0) is 21.0. The Balaban J connectivity index is 2.05. The van der Waals surface area contributed by atoms with Crippen LogP contribution in [-0.2, 0) is 14.3 Å². The highest BCUT2D eigenvalue weighted by molar-refractivity contribution is 7.10. The normalized spacial score (nSPS) is 18.4. The van der Waals surface area contributed by atoms with Crippen molar-refractivity contribution in [3.05, 3.63) is 57.3 Å². The lowest BCUT2D eigenvalue weighted by Gasteiger charge is -2.24. The molecule has 0 aliphatic carbocycles. The first-order valence-electron chi connectivity index (χ1n) is 9.54. The molecule has 1 aromatic carbocycles. The van der Waals surface area contributed by atoms with Gasteiger partial charge in [0.05, 0.1) is 18.2 Å². The van der Waals surface area contributed by atoms with Crippen LogP contribution in [0.3, 0.4) is 0 Å². The molecular weight excluding hydrogens is 390 g/mol. The van der Waals surface area contributed by atoms with Gasteiger partial charge in [0.25, 0.3) is 11.7 Å². The van der Waals surface area contributed by atoms with E-state index in [9.17, 15) is 14.7 Å². The monoisotopic (exact) mass is 415 g/mol. The number of benzene rings is 1. The summed E-state index contributed by atoms with van der Waals surface area (Å²) in [5, 5.41) is 12.9. The number of carbonyl (C=O) groups is 2. The number of thiophene rings is 1. The van der Waals surface area contributed by atoms with E-state index >= 15 is 0 Å². The Morgan fingerprint density at radius 1 is 1.28 bits per heavy atom. The molecule has 1 saturated heterocycles. The van der Waals surface area contributed by atoms with Crippen molar-refractivity contribution in [2.24, 2.45) is 0 Å². The van der Waals surface area contributed by atoms with E-state index in [1.54, 1.807) is 25.3 Å². The van der Waals surface area contributed by atoms with E-state index in [2.05, 4.69) is 0 Å². The highest BCUT2D eigenvalue weighted by atomic mass is 32.1. The van der Waals surface area contributed by atoms with Crippen LogP contribution >= 0.6 is 11.3 Å². The molecule has 6 nitrogen and oxygen atoms in total. The van der Waals surface area contributed by atoms with Gasteiger partial charge in [-0.1, -0.05) is 6.07 Å². The van der Waals surface area contributed by atoms with Crippen LogP contribution in [0.2, 0.25) is 0 Å². The molecule has 2 heterocycles. The lowest BCUT2D eigenvalue weighted by Crippen LogP contribution is -2.31. The average molecular weight is 416 g/mol. The van der Waals surface area contributed by atoms with Crippen LogP contribution in [0, 0.1) is 6.92 Å². The summed E-state index contributed by atoms with van der Waals surface area (Å²) in [6.07, 6.45) is 0.605. The van der Waals surface area contributed by atoms with Crippen LogP contribution in [0.5, 0.6) is 5.75 Å². The molecule has 0 bridgehead atoms. The first-order chi connectivity index (χ1) is 14.0. The molecule has 1 amide bonds. The molecule has 1 atom stereocenters. The topological polar surface area (TPSA) is 76.1 Å². The van der Waals surface area contributed by atoms with Gasteiger partial charge in [-0.05, 0) is 55.5 Å². The maximum Gasteiger partial charge on any atom is 0.295 e. The van der Waals surface area contributed by atoms with E-state index in [4.69, 9.17) is 9.47 Å². The second kappa shape index (κ2) is 9.24. The number of methoxy groups -OCH3 is 1. The number of Topliss-reactive ketones (excluding diaryl/α,β-unsaturated/α-hetero) is 1. The number of nitrogens with zero attached hydrogens (tertiary/aromatic N) is 1. The van der Waals surface area contributed by atoms with E-state index in [0.717, 1.165) is 16.2 Å². The summed E-state index contributed by atoms with van der Waals surface area (Å²) in [5.74, 6) is -0.699. The molecule has 1 aromatic heterocycles. The predicted molar refractivity (Wildman–Crippen MR) is 112 cm³/mol. The summed E-state index contributed by atoms with van der Waals surface area (Å²) >= 11 is 1.45. The molecule has 29 heavy (non-hydrogen) atoms. The number of amides is 1. The molecule has 1 aliphatic heterocycles. The summed E-state index contributed by atoms with van der Waals surface area (Å²) in [6, 6.07) is 8.39. The Labute approximate surface area is 174 Å². The van der Waals surface area contributed by atoms with Crippen molar-refractivity contribution in [3.8, 4) is 5.75 Å². The number of hydrogen-bond donors (Lipinski definition) is 1. The lowest BCUT2D eigenvalue weighted by molar-refractivity contribution is -0.140. The fourth-order valence-corrected chi connectivity index (χ4v) is 4.35. The SMILES string of the molecule is CCOc1ccc(/C(O)=C2/C(=O)C(=O)N(CCCOC)C2c2cccs2)cc1C. The number of ether oxygens (including phenoxy) is 2. The molecule has 3 rings (SSSR count). The quantitative estimate of drug-likeness (QED) is 0.306. The number of likely N-dealkylation sites (tertiary alicyclic amines) is 1. The van der Waals surface area contributed by atoms with E-state index < -0.39 is 17.7 Å². The number of aliphatic hydroxyl groups excluding tert-OH is 1. The molecule has 7 heteroatoms. The van der Waals surface area contributed by atoms with E-state index in [1.807, 2.05) is 31.4 Å². The summed E-state index contributed by atoms with van der Waals surface area (Å²) in [5.41, 5.74) is 1.46. The van der Waals surface area contributed by atoms with Gasteiger partial charge in [-0.25, -0.2) is 0 Å². The average Bonchev–Trinajstić information content (AvgIpc) is 3.32. The molecule has 0 radical (unpaired) electrons. The van der Waals surface area contributed by atoms with Crippen molar-refractivity contribution >= 4 is 28.8 Å². The molecule has 0 spiro atoms. The third kappa shape index (κ3) is 4.21. The number of rotatable bonds is 8. The largest absolute Gasteiger partial charge is 0.507 e. The second-order valence-corrected chi connectivity index (χ2v) is 7.75. The fourth-order valence-electron chi connectivity index (χ4n) is 3.50. The molecule has 1 N–H and O–H groups in total. The first-order valence-corrected chi connectivity index (χ1v) is 10.4. The minimum Gasteiger partial charge on any atom is -0.507 e. The number of hydrogen-bond acceptors (Lipinski definition) is 6. The van der Waals surface area contributed by atoms with Gasteiger partial charge in [-0.2, -0.15) is 0 Å². The number of carbonyl (C=O) groups excluding carboxylic acids is 2. The smallest absolute Gasteiger partial charge is 0.295 e. The van der Waals surface area contributed by atoms with Crippen LogP contribution in [0.25, 0.3) is 5.76 Å². The van der Waals surface area contributed by atoms with Crippen molar-refractivity contribution in [2.45, 2.75) is 26.3 Å². The summed E-state index contributed by atoms with van der Waals surface area (Å²) in [6.45, 7) is 5.18. The van der Waals surface area contributed by atoms with Crippen LogP contribution in [0.4, 0.5) is 0 Å². The second-order valence-electron chi connectivity index (χ2n) is 6.77. The first kappa shape index (κ1) is 21.1. The lowest BCUT2D eigenvalue weighted by atomic mass is 9.98. The Kier molecular flexibility index (Phi) is 6.71. The standard InChI is InChI=1S/C22H25NO5S/c1-4-28-16-9-8-15(13-14(16)2)20(24)18-19(17-7-5-12-29-17)23(10-6-11-27-3)22(26)21(18)25/h5,7-9,12-13,19,24H,4,6,10-11H2,1-3H3/b20-18-. The number of aryl methyl sites for hydroxylation is 1. The number of aliphatic hydroxyl groups is 1. The third-order valence-corrected chi connectivity index (χ3v) is 5.77. The van der Waals surface area contributed by atoms with Crippen molar-refractivity contribution in [1.29, 1.82) is 0 Å². The zero-order valence-corrected chi connectivity index (χ0v) is 17.6. The molecular formula is C22H25NO5S. The van der Waals surface area contributed by atoms with Crippen molar-refractivity contribution in [3.63, 3.8) is 0 Å². The Bertz CT molecular complexity index is 919. The molecule has 154 valence electrons. The third-order valence-electron chi connectivity index (χ3n) is 4.85. The van der Waals surface area contributed by atoms with Crippen LogP contribution in [0.1, 0.15) is 35.4 Å². The number of ketones is 1. The van der Waals surface area contributed by atoms with Gasteiger partial charge in [0, 0.05) is 30.7 Å². The van der Waals surface area contributed by atoms with Crippen LogP contribution < -0.4 is 4.74 Å². The molecule has 2 aromatic rings. The van der Waals surface area contributed by atoms with Gasteiger partial charge >= 0.3 is 0 Å². The summed E-state index contributed by atoms with van der Waals surface area (Å²) in [7, 11) is 1.60. The van der Waals surface area contributed by atoms with Crippen molar-refractivity contribution in [1.82, 2.24) is 4.90 Å². The van der Waals surface area contributed by atoms with Crippen molar-refractivity contribution < 1.29 is 24.2 Å². The Morgan fingerprint density at radius 2 is 2.07 bits per heavy atom. The van der Waals surface area contributed by atoms with Crippen molar-refractivity contribution in [2.75, 3.05) is 26.9 Å². The maximum atomic E-state index is 12.9. The van der Waals surface area contributed by atoms with Gasteiger partial charge in [0.15, 0.2) is 0 Å². The van der Waals surface area contributed by atoms with Crippen LogP contribution in [0.15, 0.2) is 41.3 Å². The Hall–Kier alpha value is -2.64. The fraction of sp³-hybridized carbons (Fsp3) is 0.364. The van der Waals surface area contributed by atoms with Gasteiger partial charge in [0.1, 0.15) is 11.5 Å². The Morgan fingerprint density at radius 3 is 2.69 bits per heavy atom. The maximum absolute atomic E-state index is 12.9. The molecule has 1 aliphatic rings. The minimum atomic E-state index is -0.662. The van der Waals surface area contributed by atoms with E-state index in [0.29, 0.717) is 31.7 Å². The summed E-state index contributed by atoms with van der Waals surface area (Å²) in [4.78, 5) is 28.0. The van der Waals surface area contributed by atoms with Gasteiger partial charge < -0.3 is 19.5 Å². The van der Waals surface area contributed by atoms with E-state index in [-0.39, 0.29) is 11.3 Å². The molecule has 1 fully saturated rings. The highest BCUT2D eigenvalue weighted by Gasteiger charge is 2.46. The molecule has 1 unspecified atom stereocenters. The predicted octanol–water partition coefficient (Wildman–Crippen LogP) is 3.91.